The predicted octanol–water partition coefficient (Wildman–Crippen LogP) is 6.77. The highest BCUT2D eigenvalue weighted by Gasteiger charge is 2.31. The van der Waals surface area contributed by atoms with Crippen LogP contribution in [0.2, 0.25) is 0 Å². The average molecular weight is 531 g/mol. The second kappa shape index (κ2) is 10.2. The number of rotatable bonds is 6. The molecule has 0 bridgehead atoms. The van der Waals surface area contributed by atoms with Gasteiger partial charge >= 0.3 is 6.18 Å². The van der Waals surface area contributed by atoms with E-state index in [1.807, 2.05) is 55.7 Å². The molecule has 2 aromatic heterocycles. The number of aryl methyl sites for hydroxylation is 1. The molecule has 0 spiro atoms. The van der Waals surface area contributed by atoms with Crippen molar-refractivity contribution in [1.82, 2.24) is 14.2 Å². The molecule has 3 aromatic carbocycles. The molecule has 0 aliphatic heterocycles. The lowest BCUT2D eigenvalue weighted by atomic mass is 10.1. The second-order valence-electron chi connectivity index (χ2n) is 8.98. The zero-order valence-corrected chi connectivity index (χ0v) is 21.5. The van der Waals surface area contributed by atoms with Crippen molar-refractivity contribution >= 4 is 17.1 Å². The summed E-state index contributed by atoms with van der Waals surface area (Å²) in [5.41, 5.74) is 2.68. The number of aromatic nitrogens is 3. The molecular weight excluding hydrogens is 505 g/mol. The molecule has 0 saturated carbocycles. The van der Waals surface area contributed by atoms with E-state index in [4.69, 9.17) is 4.74 Å². The summed E-state index contributed by atoms with van der Waals surface area (Å²) in [5.74, 6) is 0.789. The standard InChI is InChI=1S/C30H25F3N4O2/c1-4-39-25-14-12-24(13-15-25)36-19(2)16-22(20(36)3)18-34-37-28(21-8-7-9-23(17-21)30(31,32)33)35-27-11-6-5-10-26(27)29(37)38/h5-18H,4H2,1-3H3. The summed E-state index contributed by atoms with van der Waals surface area (Å²) < 4.78 is 49.0. The van der Waals surface area contributed by atoms with Crippen LogP contribution in [0.5, 0.6) is 5.75 Å². The summed E-state index contributed by atoms with van der Waals surface area (Å²) in [4.78, 5) is 18.0. The first-order valence-corrected chi connectivity index (χ1v) is 12.3. The molecule has 0 atom stereocenters. The number of hydrogen-bond acceptors (Lipinski definition) is 4. The average Bonchev–Trinajstić information content (AvgIpc) is 3.21. The Labute approximate surface area is 222 Å². The molecule has 0 radical (unpaired) electrons. The number of benzene rings is 3. The highest BCUT2D eigenvalue weighted by Crippen LogP contribution is 2.32. The maximum atomic E-state index is 13.5. The molecule has 5 aromatic rings. The maximum absolute atomic E-state index is 13.5. The summed E-state index contributed by atoms with van der Waals surface area (Å²) in [7, 11) is 0. The van der Waals surface area contributed by atoms with Crippen LogP contribution in [0.3, 0.4) is 0 Å². The van der Waals surface area contributed by atoms with E-state index in [0.29, 0.717) is 17.5 Å². The zero-order chi connectivity index (χ0) is 27.7. The summed E-state index contributed by atoms with van der Waals surface area (Å²) >= 11 is 0. The predicted molar refractivity (Wildman–Crippen MR) is 146 cm³/mol. The van der Waals surface area contributed by atoms with Crippen molar-refractivity contribution in [1.29, 1.82) is 0 Å². The molecule has 9 heteroatoms. The van der Waals surface area contributed by atoms with Crippen LogP contribution in [0.15, 0.2) is 88.8 Å². The number of fused-ring (bicyclic) bond motifs is 1. The minimum atomic E-state index is -4.54. The Balaban J connectivity index is 1.62. The van der Waals surface area contributed by atoms with Gasteiger partial charge in [-0.05, 0) is 75.4 Å². The van der Waals surface area contributed by atoms with Gasteiger partial charge in [0.1, 0.15) is 5.75 Å². The first kappa shape index (κ1) is 26.0. The smallest absolute Gasteiger partial charge is 0.416 e. The van der Waals surface area contributed by atoms with Gasteiger partial charge in [0.25, 0.3) is 5.56 Å². The van der Waals surface area contributed by atoms with Crippen LogP contribution < -0.4 is 10.3 Å². The van der Waals surface area contributed by atoms with E-state index in [1.54, 1.807) is 24.3 Å². The molecule has 0 unspecified atom stereocenters. The van der Waals surface area contributed by atoms with Crippen LogP contribution in [-0.2, 0) is 6.18 Å². The zero-order valence-electron chi connectivity index (χ0n) is 21.5. The van der Waals surface area contributed by atoms with Gasteiger partial charge < -0.3 is 9.30 Å². The van der Waals surface area contributed by atoms with E-state index in [9.17, 15) is 18.0 Å². The Morgan fingerprint density at radius 1 is 0.974 bits per heavy atom. The molecule has 39 heavy (non-hydrogen) atoms. The Bertz CT molecular complexity index is 1750. The summed E-state index contributed by atoms with van der Waals surface area (Å²) in [6.07, 6.45) is -3.01. The van der Waals surface area contributed by atoms with Gasteiger partial charge in [-0.3, -0.25) is 4.79 Å². The van der Waals surface area contributed by atoms with Crippen LogP contribution in [0.4, 0.5) is 13.2 Å². The summed E-state index contributed by atoms with van der Waals surface area (Å²) in [6.45, 7) is 6.39. The number of alkyl halides is 3. The molecule has 0 fully saturated rings. The first-order chi connectivity index (χ1) is 18.7. The topological polar surface area (TPSA) is 61.4 Å². The minimum absolute atomic E-state index is 0.0152. The molecule has 0 amide bonds. The SMILES string of the molecule is CCOc1ccc(-n2c(C)cc(C=Nn3c(-c4cccc(C(F)(F)F)c4)nc4ccccc4c3=O)c2C)cc1. The third-order valence-electron chi connectivity index (χ3n) is 6.39. The van der Waals surface area contributed by atoms with Gasteiger partial charge in [0.2, 0.25) is 0 Å². The molecule has 198 valence electrons. The Morgan fingerprint density at radius 2 is 1.72 bits per heavy atom. The number of hydrogen-bond donors (Lipinski definition) is 0. The van der Waals surface area contributed by atoms with Crippen LogP contribution in [0.25, 0.3) is 28.0 Å². The van der Waals surface area contributed by atoms with Crippen molar-refractivity contribution in [2.24, 2.45) is 5.10 Å². The van der Waals surface area contributed by atoms with Gasteiger partial charge in [-0.1, -0.05) is 24.3 Å². The van der Waals surface area contributed by atoms with Gasteiger partial charge in [-0.2, -0.15) is 22.9 Å². The largest absolute Gasteiger partial charge is 0.494 e. The van der Waals surface area contributed by atoms with Crippen LogP contribution in [0.1, 0.15) is 29.4 Å². The fraction of sp³-hybridized carbons (Fsp3) is 0.167. The van der Waals surface area contributed by atoms with Crippen molar-refractivity contribution in [2.75, 3.05) is 6.61 Å². The highest BCUT2D eigenvalue weighted by atomic mass is 19.4. The Kier molecular flexibility index (Phi) is 6.82. The van der Waals surface area contributed by atoms with Gasteiger partial charge in [-0.25, -0.2) is 4.98 Å². The number of nitrogens with zero attached hydrogens (tertiary/aromatic N) is 4. The fourth-order valence-electron chi connectivity index (χ4n) is 4.55. The number of ether oxygens (including phenoxy) is 1. The molecule has 6 nitrogen and oxygen atoms in total. The van der Waals surface area contributed by atoms with Gasteiger partial charge in [0.15, 0.2) is 5.82 Å². The maximum Gasteiger partial charge on any atom is 0.416 e. The van der Waals surface area contributed by atoms with Gasteiger partial charge in [-0.15, -0.1) is 0 Å². The molecule has 5 rings (SSSR count). The van der Waals surface area contributed by atoms with Crippen LogP contribution >= 0.6 is 0 Å². The van der Waals surface area contributed by atoms with Gasteiger partial charge in [0.05, 0.1) is 29.3 Å². The second-order valence-corrected chi connectivity index (χ2v) is 8.98. The lowest BCUT2D eigenvalue weighted by Crippen LogP contribution is -2.20. The van der Waals surface area contributed by atoms with Crippen molar-refractivity contribution in [3.05, 3.63) is 112 Å². The van der Waals surface area contributed by atoms with Crippen LogP contribution in [-0.4, -0.2) is 27.0 Å². The monoisotopic (exact) mass is 530 g/mol. The number of halogens is 3. The quantitative estimate of drug-likeness (QED) is 0.228. The summed E-state index contributed by atoms with van der Waals surface area (Å²) in [6, 6.07) is 21.0. The first-order valence-electron chi connectivity index (χ1n) is 12.3. The molecular formula is C30H25F3N4O2. The summed E-state index contributed by atoms with van der Waals surface area (Å²) in [5, 5.41) is 4.75. The Morgan fingerprint density at radius 3 is 2.44 bits per heavy atom. The van der Waals surface area contributed by atoms with Crippen LogP contribution in [0, 0.1) is 13.8 Å². The molecule has 0 saturated heterocycles. The third kappa shape index (κ3) is 5.07. The van der Waals surface area contributed by atoms with Crippen molar-refractivity contribution in [3.63, 3.8) is 0 Å². The minimum Gasteiger partial charge on any atom is -0.494 e. The van der Waals surface area contributed by atoms with E-state index in [-0.39, 0.29) is 11.4 Å². The number of para-hydroxylation sites is 1. The normalized spacial score (nSPS) is 11.9. The van der Waals surface area contributed by atoms with E-state index in [2.05, 4.69) is 10.1 Å². The molecule has 2 heterocycles. The van der Waals surface area contributed by atoms with Crippen molar-refractivity contribution < 1.29 is 17.9 Å². The fourth-order valence-corrected chi connectivity index (χ4v) is 4.55. The van der Waals surface area contributed by atoms with E-state index in [1.165, 1.54) is 18.3 Å². The van der Waals surface area contributed by atoms with Crippen molar-refractivity contribution in [2.45, 2.75) is 26.9 Å². The van der Waals surface area contributed by atoms with E-state index < -0.39 is 17.3 Å². The molecule has 0 aliphatic carbocycles. The van der Waals surface area contributed by atoms with Crippen molar-refractivity contribution in [3.8, 4) is 22.8 Å². The molecule has 0 N–H and O–H groups in total. The van der Waals surface area contributed by atoms with E-state index in [0.717, 1.165) is 45.2 Å². The van der Waals surface area contributed by atoms with E-state index >= 15 is 0 Å². The Hall–Kier alpha value is -4.66. The lowest BCUT2D eigenvalue weighted by Gasteiger charge is -2.12. The van der Waals surface area contributed by atoms with Gasteiger partial charge in [0, 0.05) is 28.2 Å². The lowest BCUT2D eigenvalue weighted by molar-refractivity contribution is -0.137. The third-order valence-corrected chi connectivity index (χ3v) is 6.39. The highest BCUT2D eigenvalue weighted by molar-refractivity contribution is 5.83. The molecule has 0 aliphatic rings.